The van der Waals surface area contributed by atoms with Gasteiger partial charge in [0.1, 0.15) is 10.8 Å². The second-order valence-electron chi connectivity index (χ2n) is 6.76. The number of halogens is 1. The number of aromatic nitrogens is 1. The standard InChI is InChI=1S/C21H31N5O2S.HI/c1-5-22-19(27)13-28-17-9-7-8-16(10-17)11-24-21(23-6-2)25-12-20-26-18(14-29-20)15(3)4;/h7-10,14-15H,5-6,11-13H2,1-4H3,(H,22,27)(H2,23,24,25);1H. The van der Waals surface area contributed by atoms with Crippen molar-refractivity contribution in [3.63, 3.8) is 0 Å². The van der Waals surface area contributed by atoms with Gasteiger partial charge in [-0.2, -0.15) is 0 Å². The molecule has 0 spiro atoms. The third-order valence-electron chi connectivity index (χ3n) is 3.97. The molecule has 0 aliphatic rings. The molecule has 0 fully saturated rings. The van der Waals surface area contributed by atoms with Gasteiger partial charge >= 0.3 is 0 Å². The Morgan fingerprint density at radius 3 is 2.63 bits per heavy atom. The number of nitrogens with zero attached hydrogens (tertiary/aromatic N) is 2. The maximum Gasteiger partial charge on any atom is 0.257 e. The van der Waals surface area contributed by atoms with Crippen LogP contribution in [0, 0.1) is 0 Å². The van der Waals surface area contributed by atoms with E-state index in [0.717, 1.165) is 28.8 Å². The Labute approximate surface area is 200 Å². The van der Waals surface area contributed by atoms with E-state index in [1.54, 1.807) is 11.3 Å². The van der Waals surface area contributed by atoms with Crippen LogP contribution in [0.2, 0.25) is 0 Å². The van der Waals surface area contributed by atoms with Crippen molar-refractivity contribution in [2.24, 2.45) is 4.99 Å². The highest BCUT2D eigenvalue weighted by molar-refractivity contribution is 14.0. The second kappa shape index (κ2) is 14.2. The number of guanidine groups is 1. The Morgan fingerprint density at radius 1 is 1.20 bits per heavy atom. The largest absolute Gasteiger partial charge is 0.484 e. The summed E-state index contributed by atoms with van der Waals surface area (Å²) in [6.45, 7) is 10.7. The van der Waals surface area contributed by atoms with Crippen molar-refractivity contribution in [3.8, 4) is 5.75 Å². The van der Waals surface area contributed by atoms with E-state index in [2.05, 4.69) is 45.2 Å². The zero-order valence-electron chi connectivity index (χ0n) is 18.0. The molecule has 0 radical (unpaired) electrons. The van der Waals surface area contributed by atoms with E-state index in [9.17, 15) is 4.79 Å². The first-order chi connectivity index (χ1) is 14.0. The van der Waals surface area contributed by atoms with Gasteiger partial charge in [-0.15, -0.1) is 35.3 Å². The SMILES string of the molecule is CCNC(=O)COc1cccc(CN=C(NCC)NCc2nc(C(C)C)cs2)c1.I. The lowest BCUT2D eigenvalue weighted by molar-refractivity contribution is -0.122. The molecule has 0 bridgehead atoms. The number of hydrogen-bond donors (Lipinski definition) is 3. The van der Waals surface area contributed by atoms with Crippen molar-refractivity contribution >= 4 is 47.2 Å². The molecular formula is C21H32IN5O2S. The van der Waals surface area contributed by atoms with Crippen LogP contribution < -0.4 is 20.7 Å². The summed E-state index contributed by atoms with van der Waals surface area (Å²) in [5, 5.41) is 12.4. The number of thiazole rings is 1. The Hall–Kier alpha value is -1.88. The lowest BCUT2D eigenvalue weighted by Gasteiger charge is -2.11. The molecule has 1 aromatic carbocycles. The highest BCUT2D eigenvalue weighted by Gasteiger charge is 2.07. The predicted molar refractivity (Wildman–Crippen MR) is 134 cm³/mol. The Kier molecular flexibility index (Phi) is 12.4. The van der Waals surface area contributed by atoms with Gasteiger partial charge in [0.15, 0.2) is 12.6 Å². The molecule has 1 heterocycles. The zero-order valence-corrected chi connectivity index (χ0v) is 21.2. The van der Waals surface area contributed by atoms with Crippen LogP contribution >= 0.6 is 35.3 Å². The van der Waals surface area contributed by atoms with Gasteiger partial charge in [0.05, 0.1) is 18.8 Å². The molecule has 9 heteroatoms. The van der Waals surface area contributed by atoms with Crippen molar-refractivity contribution in [2.45, 2.75) is 46.7 Å². The molecule has 0 unspecified atom stereocenters. The minimum atomic E-state index is -0.127. The van der Waals surface area contributed by atoms with E-state index < -0.39 is 0 Å². The van der Waals surface area contributed by atoms with Gasteiger partial charge in [0.2, 0.25) is 0 Å². The summed E-state index contributed by atoms with van der Waals surface area (Å²) < 4.78 is 5.54. The first-order valence-corrected chi connectivity index (χ1v) is 10.8. The number of nitrogens with one attached hydrogen (secondary N) is 3. The molecule has 1 amide bonds. The fourth-order valence-corrected chi connectivity index (χ4v) is 3.37. The maximum absolute atomic E-state index is 11.5. The summed E-state index contributed by atoms with van der Waals surface area (Å²) >= 11 is 1.66. The molecule has 0 atom stereocenters. The molecule has 7 nitrogen and oxygen atoms in total. The molecule has 30 heavy (non-hydrogen) atoms. The summed E-state index contributed by atoms with van der Waals surface area (Å²) in [5.41, 5.74) is 2.13. The van der Waals surface area contributed by atoms with E-state index in [1.165, 1.54) is 0 Å². The average molecular weight is 545 g/mol. The number of carbonyl (C=O) groups is 1. The molecule has 2 rings (SSSR count). The van der Waals surface area contributed by atoms with Gasteiger partial charge in [-0.05, 0) is 37.5 Å². The normalized spacial score (nSPS) is 11.0. The summed E-state index contributed by atoms with van der Waals surface area (Å²) in [6.07, 6.45) is 0. The number of aliphatic imine (C=N–C) groups is 1. The van der Waals surface area contributed by atoms with Crippen LogP contribution in [0.3, 0.4) is 0 Å². The molecule has 2 aromatic rings. The first-order valence-electron chi connectivity index (χ1n) is 9.96. The number of rotatable bonds is 10. The first kappa shape index (κ1) is 26.2. The second-order valence-corrected chi connectivity index (χ2v) is 7.70. The lowest BCUT2D eigenvalue weighted by Crippen LogP contribution is -2.36. The van der Waals surface area contributed by atoms with Gasteiger partial charge in [0.25, 0.3) is 5.91 Å². The van der Waals surface area contributed by atoms with E-state index in [1.807, 2.05) is 38.1 Å². The molecule has 3 N–H and O–H groups in total. The summed E-state index contributed by atoms with van der Waals surface area (Å²) in [5.74, 6) is 1.70. The lowest BCUT2D eigenvalue weighted by atomic mass is 10.2. The van der Waals surface area contributed by atoms with Crippen molar-refractivity contribution in [1.82, 2.24) is 20.9 Å². The van der Waals surface area contributed by atoms with Crippen molar-refractivity contribution < 1.29 is 9.53 Å². The minimum absolute atomic E-state index is 0. The van der Waals surface area contributed by atoms with Crippen LogP contribution in [0.15, 0.2) is 34.6 Å². The third kappa shape index (κ3) is 9.29. The van der Waals surface area contributed by atoms with E-state index in [4.69, 9.17) is 4.74 Å². The topological polar surface area (TPSA) is 87.6 Å². The number of benzene rings is 1. The maximum atomic E-state index is 11.5. The van der Waals surface area contributed by atoms with Crippen molar-refractivity contribution in [1.29, 1.82) is 0 Å². The Bertz CT molecular complexity index is 810. The van der Waals surface area contributed by atoms with Crippen molar-refractivity contribution in [2.75, 3.05) is 19.7 Å². The fourth-order valence-electron chi connectivity index (χ4n) is 2.47. The molecule has 0 saturated heterocycles. The van der Waals surface area contributed by atoms with Gasteiger partial charge in [0, 0.05) is 18.5 Å². The van der Waals surface area contributed by atoms with Crippen LogP contribution in [0.1, 0.15) is 49.9 Å². The number of likely N-dealkylation sites (N-methyl/N-ethyl adjacent to an activating group) is 1. The average Bonchev–Trinajstić information content (AvgIpc) is 3.18. The van der Waals surface area contributed by atoms with Gasteiger partial charge in [-0.25, -0.2) is 9.98 Å². The predicted octanol–water partition coefficient (Wildman–Crippen LogP) is 3.65. The smallest absolute Gasteiger partial charge is 0.257 e. The fraction of sp³-hybridized carbons (Fsp3) is 0.476. The van der Waals surface area contributed by atoms with E-state index >= 15 is 0 Å². The quantitative estimate of drug-likeness (QED) is 0.241. The molecule has 166 valence electrons. The molecule has 0 aliphatic carbocycles. The molecule has 1 aromatic heterocycles. The summed E-state index contributed by atoms with van der Waals surface area (Å²) in [4.78, 5) is 20.8. The van der Waals surface area contributed by atoms with E-state index in [0.29, 0.717) is 31.3 Å². The minimum Gasteiger partial charge on any atom is -0.484 e. The van der Waals surface area contributed by atoms with Gasteiger partial charge in [-0.3, -0.25) is 4.79 Å². The number of carbonyl (C=O) groups excluding carboxylic acids is 1. The summed E-state index contributed by atoms with van der Waals surface area (Å²) in [6, 6.07) is 7.63. The Balaban J connectivity index is 0.00000450. The highest BCUT2D eigenvalue weighted by Crippen LogP contribution is 2.17. The molecular weight excluding hydrogens is 513 g/mol. The number of amides is 1. The van der Waals surface area contributed by atoms with Gasteiger partial charge in [-0.1, -0.05) is 26.0 Å². The van der Waals surface area contributed by atoms with Crippen LogP contribution in [0.5, 0.6) is 5.75 Å². The summed E-state index contributed by atoms with van der Waals surface area (Å²) in [7, 11) is 0. The van der Waals surface area contributed by atoms with Crippen LogP contribution in [0.4, 0.5) is 0 Å². The number of ether oxygens (including phenoxy) is 1. The van der Waals surface area contributed by atoms with Crippen LogP contribution in [-0.4, -0.2) is 36.5 Å². The Morgan fingerprint density at radius 2 is 1.97 bits per heavy atom. The zero-order chi connectivity index (χ0) is 21.1. The highest BCUT2D eigenvalue weighted by atomic mass is 127. The number of hydrogen-bond acceptors (Lipinski definition) is 5. The van der Waals surface area contributed by atoms with E-state index in [-0.39, 0.29) is 36.5 Å². The molecule has 0 aliphatic heterocycles. The monoisotopic (exact) mass is 545 g/mol. The van der Waals surface area contributed by atoms with Crippen LogP contribution in [-0.2, 0) is 17.9 Å². The molecule has 0 saturated carbocycles. The van der Waals surface area contributed by atoms with Crippen molar-refractivity contribution in [3.05, 3.63) is 45.9 Å². The van der Waals surface area contributed by atoms with Gasteiger partial charge < -0.3 is 20.7 Å². The third-order valence-corrected chi connectivity index (χ3v) is 4.84. The van der Waals surface area contributed by atoms with Crippen LogP contribution in [0.25, 0.3) is 0 Å².